The maximum atomic E-state index is 12.8. The summed E-state index contributed by atoms with van der Waals surface area (Å²) in [5.74, 6) is -0.448. The molecule has 11 heteroatoms. The van der Waals surface area contributed by atoms with Gasteiger partial charge < -0.3 is 0 Å². The minimum atomic E-state index is -5.17. The van der Waals surface area contributed by atoms with Gasteiger partial charge >= 0.3 is 22.4 Å². The van der Waals surface area contributed by atoms with Crippen molar-refractivity contribution < 1.29 is 39.2 Å². The molecule has 4 nitrogen and oxygen atoms in total. The van der Waals surface area contributed by atoms with Crippen molar-refractivity contribution in [3.63, 3.8) is 0 Å². The Kier molecular flexibility index (Phi) is 5.04. The van der Waals surface area contributed by atoms with Gasteiger partial charge in [-0.25, -0.2) is 0 Å². The van der Waals surface area contributed by atoms with E-state index in [1.165, 1.54) is 24.3 Å². The van der Waals surface area contributed by atoms with Crippen LogP contribution in [0.1, 0.15) is 16.7 Å². The Bertz CT molecular complexity index is 903. The van der Waals surface area contributed by atoms with E-state index < -0.39 is 44.2 Å². The quantitative estimate of drug-likeness (QED) is 0.472. The van der Waals surface area contributed by atoms with Crippen LogP contribution in [-0.2, 0) is 22.4 Å². The van der Waals surface area contributed by atoms with Gasteiger partial charge in [0.1, 0.15) is 4.90 Å². The van der Waals surface area contributed by atoms with Crippen molar-refractivity contribution in [2.75, 3.05) is 0 Å². The fourth-order valence-corrected chi connectivity index (χ4v) is 3.05. The zero-order valence-corrected chi connectivity index (χ0v) is 13.5. The molecule has 0 radical (unpaired) electrons. The normalized spacial score (nSPS) is 13.7. The van der Waals surface area contributed by atoms with Crippen molar-refractivity contribution in [2.45, 2.75) is 17.2 Å². The van der Waals surface area contributed by atoms with E-state index in [0.717, 1.165) is 0 Å². The fraction of sp³-hybridized carbons (Fsp3) is 0.133. The van der Waals surface area contributed by atoms with Crippen molar-refractivity contribution in [1.82, 2.24) is 0 Å². The number of halogens is 6. The van der Waals surface area contributed by atoms with Crippen LogP contribution in [-0.4, -0.2) is 14.3 Å². The van der Waals surface area contributed by atoms with Gasteiger partial charge in [-0.1, -0.05) is 18.2 Å². The molecule has 0 aromatic heterocycles. The molecule has 3 N–H and O–H groups in total. The third-order valence-corrected chi connectivity index (χ3v) is 4.55. The van der Waals surface area contributed by atoms with Crippen molar-refractivity contribution in [3.05, 3.63) is 65.2 Å². The molecule has 0 heterocycles. The van der Waals surface area contributed by atoms with E-state index in [4.69, 9.17) is 5.73 Å². The Morgan fingerprint density at radius 2 is 1.31 bits per heavy atom. The van der Waals surface area contributed by atoms with Crippen LogP contribution in [0, 0.1) is 0 Å². The second kappa shape index (κ2) is 6.63. The first-order chi connectivity index (χ1) is 11.8. The number of rotatable bonds is 3. The first kappa shape index (κ1) is 19.8. The molecule has 26 heavy (non-hydrogen) atoms. The highest BCUT2D eigenvalue weighted by molar-refractivity contribution is 7.84. The van der Waals surface area contributed by atoms with Crippen molar-refractivity contribution in [3.8, 4) is 0 Å². The van der Waals surface area contributed by atoms with Gasteiger partial charge in [-0.15, -0.1) is 0 Å². The van der Waals surface area contributed by atoms with Crippen LogP contribution in [0.15, 0.2) is 53.4 Å². The summed E-state index contributed by atoms with van der Waals surface area (Å²) in [5.41, 5.74) is 2.25. The lowest BCUT2D eigenvalue weighted by molar-refractivity contribution is -0.268. The van der Waals surface area contributed by atoms with E-state index in [1.807, 2.05) is 0 Å². The van der Waals surface area contributed by atoms with E-state index in [9.17, 15) is 34.8 Å². The number of sulfonamides is 1. The zero-order chi connectivity index (χ0) is 19.8. The average molecular weight is 397 g/mol. The van der Waals surface area contributed by atoms with Gasteiger partial charge in [0.25, 0.3) is 5.84 Å². The maximum Gasteiger partial charge on any atom is 0.416 e. The van der Waals surface area contributed by atoms with E-state index in [0.29, 0.717) is 0 Å². The van der Waals surface area contributed by atoms with Crippen LogP contribution >= 0.6 is 0 Å². The van der Waals surface area contributed by atoms with E-state index in [1.54, 1.807) is 10.5 Å². The van der Waals surface area contributed by atoms with Crippen LogP contribution in [0.4, 0.5) is 26.3 Å². The molecule has 0 spiro atoms. The fourth-order valence-electron chi connectivity index (χ4n) is 1.96. The molecule has 140 valence electrons. The summed E-state index contributed by atoms with van der Waals surface area (Å²) in [6, 6.07) is 7.50. The van der Waals surface area contributed by atoms with Gasteiger partial charge in [-0.05, 0) is 30.3 Å². The molecule has 2 aromatic rings. The van der Waals surface area contributed by atoms with Crippen LogP contribution in [0.25, 0.3) is 0 Å². The molecule has 0 aliphatic carbocycles. The summed E-state index contributed by atoms with van der Waals surface area (Å²) >= 11 is 0. The number of nitrogens with two attached hydrogens (primary N) is 1. The summed E-state index contributed by atoms with van der Waals surface area (Å²) in [6.07, 6.45) is -10.3. The van der Waals surface area contributed by atoms with Crippen LogP contribution < -0.4 is 10.1 Å². The molecule has 0 aliphatic heterocycles. The predicted octanol–water partition coefficient (Wildman–Crippen LogP) is 1.90. The summed E-state index contributed by atoms with van der Waals surface area (Å²) in [7, 11) is -4.79. The molecule has 0 atom stereocenters. The third kappa shape index (κ3) is 4.54. The molecular formula is C15H11F6N2O2S+. The summed E-state index contributed by atoms with van der Waals surface area (Å²) in [4.78, 5) is -1.21. The van der Waals surface area contributed by atoms with Crippen LogP contribution in [0.5, 0.6) is 0 Å². The molecule has 0 fully saturated rings. The number of amidine groups is 1. The number of nitrogens with one attached hydrogen (secondary N) is 1. The second-order valence-corrected chi connectivity index (χ2v) is 6.81. The van der Waals surface area contributed by atoms with Gasteiger partial charge in [0.05, 0.1) is 16.7 Å². The highest BCUT2D eigenvalue weighted by atomic mass is 32.2. The molecule has 0 unspecified atom stereocenters. The number of alkyl halides is 6. The Morgan fingerprint density at radius 3 is 1.73 bits per heavy atom. The first-order valence-corrected chi connectivity index (χ1v) is 8.29. The molecule has 0 aliphatic rings. The van der Waals surface area contributed by atoms with Crippen molar-refractivity contribution >= 4 is 15.9 Å². The molecule has 0 bridgehead atoms. The van der Waals surface area contributed by atoms with Crippen molar-refractivity contribution in [1.29, 1.82) is 0 Å². The van der Waals surface area contributed by atoms with E-state index in [-0.39, 0.29) is 23.8 Å². The van der Waals surface area contributed by atoms with Gasteiger partial charge in [-0.2, -0.15) is 39.2 Å². The minimum absolute atomic E-state index is 0.107. The van der Waals surface area contributed by atoms with Gasteiger partial charge in [0, 0.05) is 0 Å². The highest BCUT2D eigenvalue weighted by Gasteiger charge is 2.38. The maximum absolute atomic E-state index is 12.8. The lowest BCUT2D eigenvalue weighted by atomic mass is 10.1. The minimum Gasteiger partial charge on any atom is -0.286 e. The molecule has 0 amide bonds. The average Bonchev–Trinajstić information content (AvgIpc) is 2.53. The summed E-state index contributed by atoms with van der Waals surface area (Å²) < 4.78 is 103. The highest BCUT2D eigenvalue weighted by Crippen LogP contribution is 2.36. The summed E-state index contributed by atoms with van der Waals surface area (Å²) in [6.45, 7) is 0. The molecular weight excluding hydrogens is 386 g/mol. The molecule has 0 saturated carbocycles. The monoisotopic (exact) mass is 397 g/mol. The Balaban J connectivity index is 2.62. The Labute approximate surface area is 144 Å². The number of nitrogen functional groups attached to an aromatic ring is 1. The largest absolute Gasteiger partial charge is 0.416 e. The van der Waals surface area contributed by atoms with E-state index >= 15 is 0 Å². The Hall–Kier alpha value is -2.56. The number of benzene rings is 2. The Morgan fingerprint density at radius 1 is 0.846 bits per heavy atom. The smallest absolute Gasteiger partial charge is 0.286 e. The van der Waals surface area contributed by atoms with E-state index in [2.05, 4.69) is 0 Å². The predicted molar refractivity (Wildman–Crippen MR) is 79.3 cm³/mol. The van der Waals surface area contributed by atoms with Gasteiger partial charge in [0.15, 0.2) is 0 Å². The first-order valence-electron chi connectivity index (χ1n) is 6.81. The van der Waals surface area contributed by atoms with Crippen LogP contribution in [0.3, 0.4) is 0 Å². The van der Waals surface area contributed by atoms with Gasteiger partial charge in [0.2, 0.25) is 0 Å². The van der Waals surface area contributed by atoms with Gasteiger partial charge in [-0.3, -0.25) is 5.73 Å². The second-order valence-electron chi connectivity index (χ2n) is 5.13. The molecule has 2 aromatic carbocycles. The lowest BCUT2D eigenvalue weighted by Crippen LogP contribution is -2.78. The standard InChI is InChI=1S/C15H10F6N2O2S/c16-14(17,18)10-6-11(15(19,20)21)8-12(7-10)26(24,25)23-13(22)9-4-2-1-3-5-9/h1-8H,(H2,22,23)/p+1. The number of hydrogen-bond acceptors (Lipinski definition) is 2. The van der Waals surface area contributed by atoms with Crippen molar-refractivity contribution in [2.24, 2.45) is 5.73 Å². The zero-order valence-electron chi connectivity index (χ0n) is 12.7. The molecule has 0 saturated heterocycles. The third-order valence-electron chi connectivity index (χ3n) is 3.20. The molecule has 2 rings (SSSR count). The summed E-state index contributed by atoms with van der Waals surface area (Å²) in [5, 5.41) is 0. The number of hydrogen-bond donors (Lipinski definition) is 2. The lowest BCUT2D eigenvalue weighted by Gasteiger charge is -2.13. The topological polar surface area (TPSA) is 74.1 Å². The SMILES string of the molecule is NC(=[NH+]S(=O)(=O)c1cc(C(F)(F)F)cc(C(F)(F)F)c1)c1ccccc1. The van der Waals surface area contributed by atoms with Crippen LogP contribution in [0.2, 0.25) is 0 Å².